The van der Waals surface area contributed by atoms with E-state index >= 15 is 0 Å². The van der Waals surface area contributed by atoms with Crippen molar-refractivity contribution in [3.05, 3.63) is 0 Å². The van der Waals surface area contributed by atoms with E-state index in [4.69, 9.17) is 15.6 Å². The summed E-state index contributed by atoms with van der Waals surface area (Å²) >= 11 is 0. The van der Waals surface area contributed by atoms with Gasteiger partial charge in [-0.25, -0.2) is 0 Å². The van der Waals surface area contributed by atoms with Crippen LogP contribution in [-0.4, -0.2) is 43.4 Å². The predicted molar refractivity (Wildman–Crippen MR) is 53.8 cm³/mol. The normalized spacial score (nSPS) is 14.9. The van der Waals surface area contributed by atoms with Crippen molar-refractivity contribution < 1.29 is 14.6 Å². The molecule has 2 atom stereocenters. The number of methoxy groups -OCH3 is 1. The van der Waals surface area contributed by atoms with Crippen molar-refractivity contribution in [2.45, 2.75) is 31.8 Å². The molecule has 0 saturated heterocycles. The summed E-state index contributed by atoms with van der Waals surface area (Å²) in [5.74, 6) is -0.0987. The average molecular weight is 204 g/mol. The third kappa shape index (κ3) is 6.82. The van der Waals surface area contributed by atoms with Crippen LogP contribution in [0.1, 0.15) is 19.8 Å². The van der Waals surface area contributed by atoms with E-state index in [1.54, 1.807) is 0 Å². The van der Waals surface area contributed by atoms with E-state index in [0.29, 0.717) is 19.4 Å². The number of carbonyl (C=O) groups excluding carboxylic acids is 1. The van der Waals surface area contributed by atoms with E-state index in [-0.39, 0.29) is 24.6 Å². The van der Waals surface area contributed by atoms with Crippen LogP contribution in [0, 0.1) is 0 Å². The Hall–Kier alpha value is -0.650. The molecule has 4 N–H and O–H groups in total. The average Bonchev–Trinajstić information content (AvgIpc) is 2.14. The van der Waals surface area contributed by atoms with Crippen LogP contribution < -0.4 is 11.1 Å². The van der Waals surface area contributed by atoms with Crippen molar-refractivity contribution in [3.8, 4) is 0 Å². The second-order valence-corrected chi connectivity index (χ2v) is 3.42. The number of nitrogens with one attached hydrogen (secondary N) is 1. The third-order valence-corrected chi connectivity index (χ3v) is 1.78. The topological polar surface area (TPSA) is 84.6 Å². The molecule has 0 radical (unpaired) electrons. The highest BCUT2D eigenvalue weighted by atomic mass is 16.5. The summed E-state index contributed by atoms with van der Waals surface area (Å²) in [5, 5.41) is 11.5. The molecule has 5 heteroatoms. The fraction of sp³-hybridized carbons (Fsp3) is 0.889. The lowest BCUT2D eigenvalue weighted by molar-refractivity contribution is -0.122. The highest BCUT2D eigenvalue weighted by Gasteiger charge is 2.10. The van der Waals surface area contributed by atoms with E-state index in [0.717, 1.165) is 0 Å². The maximum atomic E-state index is 11.3. The van der Waals surface area contributed by atoms with Gasteiger partial charge < -0.3 is 20.9 Å². The van der Waals surface area contributed by atoms with Gasteiger partial charge in [0.15, 0.2) is 0 Å². The second-order valence-electron chi connectivity index (χ2n) is 3.42. The molecule has 0 spiro atoms. The first-order chi connectivity index (χ1) is 6.60. The largest absolute Gasteiger partial charge is 0.394 e. The summed E-state index contributed by atoms with van der Waals surface area (Å²) in [5.41, 5.74) is 5.51. The molecule has 2 unspecified atom stereocenters. The summed E-state index contributed by atoms with van der Waals surface area (Å²) in [7, 11) is 1.52. The Kier molecular flexibility index (Phi) is 7.37. The number of rotatable bonds is 7. The lowest BCUT2D eigenvalue weighted by atomic mass is 10.2. The summed E-state index contributed by atoms with van der Waals surface area (Å²) in [6.07, 6.45) is 1.04. The van der Waals surface area contributed by atoms with Gasteiger partial charge in [0.2, 0.25) is 5.91 Å². The zero-order chi connectivity index (χ0) is 11.0. The molecule has 1 amide bonds. The molecule has 0 aromatic heterocycles. The molecule has 0 aromatic carbocycles. The van der Waals surface area contributed by atoms with Crippen molar-refractivity contribution in [1.29, 1.82) is 0 Å². The Balaban J connectivity index is 3.67. The van der Waals surface area contributed by atoms with Crippen LogP contribution >= 0.6 is 0 Å². The second kappa shape index (κ2) is 7.73. The van der Waals surface area contributed by atoms with Gasteiger partial charge in [-0.2, -0.15) is 0 Å². The van der Waals surface area contributed by atoms with Crippen molar-refractivity contribution in [1.82, 2.24) is 5.32 Å². The Bertz CT molecular complexity index is 162. The van der Waals surface area contributed by atoms with E-state index in [1.807, 2.05) is 6.92 Å². The molecular formula is C9H20N2O3. The van der Waals surface area contributed by atoms with Crippen LogP contribution in [-0.2, 0) is 9.53 Å². The molecule has 0 aliphatic rings. The summed E-state index contributed by atoms with van der Waals surface area (Å²) in [6, 6.07) is -0.295. The third-order valence-electron chi connectivity index (χ3n) is 1.78. The minimum atomic E-state index is -0.319. The van der Waals surface area contributed by atoms with Gasteiger partial charge in [-0.1, -0.05) is 0 Å². The predicted octanol–water partition coefficient (Wildman–Crippen LogP) is -0.763. The maximum Gasteiger partial charge on any atom is 0.220 e. The molecule has 0 fully saturated rings. The van der Waals surface area contributed by atoms with Gasteiger partial charge in [0, 0.05) is 19.6 Å². The number of nitrogens with two attached hydrogens (primary N) is 1. The molecule has 0 saturated carbocycles. The first-order valence-electron chi connectivity index (χ1n) is 4.74. The fourth-order valence-electron chi connectivity index (χ4n) is 1.000. The van der Waals surface area contributed by atoms with E-state index in [1.165, 1.54) is 7.11 Å². The Morgan fingerprint density at radius 2 is 2.29 bits per heavy atom. The van der Waals surface area contributed by atoms with Crippen molar-refractivity contribution in [2.24, 2.45) is 5.73 Å². The number of aliphatic hydroxyl groups is 1. The molecular weight excluding hydrogens is 184 g/mol. The Morgan fingerprint density at radius 1 is 1.64 bits per heavy atom. The minimum absolute atomic E-state index is 0.0238. The summed E-state index contributed by atoms with van der Waals surface area (Å²) in [6.45, 7) is 2.06. The zero-order valence-corrected chi connectivity index (χ0v) is 8.82. The number of amides is 1. The smallest absolute Gasteiger partial charge is 0.220 e. The number of hydrogen-bond donors (Lipinski definition) is 3. The fourth-order valence-corrected chi connectivity index (χ4v) is 1.000. The molecule has 0 aliphatic carbocycles. The lowest BCUT2D eigenvalue weighted by Gasteiger charge is -2.15. The first kappa shape index (κ1) is 13.4. The number of aliphatic hydroxyl groups excluding tert-OH is 1. The number of carbonyl (C=O) groups is 1. The van der Waals surface area contributed by atoms with Crippen LogP contribution in [0.4, 0.5) is 0 Å². The monoisotopic (exact) mass is 204 g/mol. The van der Waals surface area contributed by atoms with Crippen molar-refractivity contribution in [3.63, 3.8) is 0 Å². The molecule has 0 rings (SSSR count). The van der Waals surface area contributed by atoms with Crippen LogP contribution in [0.15, 0.2) is 0 Å². The minimum Gasteiger partial charge on any atom is -0.394 e. The maximum absolute atomic E-state index is 11.3. The van der Waals surface area contributed by atoms with Gasteiger partial charge in [-0.3, -0.25) is 4.79 Å². The van der Waals surface area contributed by atoms with Gasteiger partial charge in [-0.15, -0.1) is 0 Å². The van der Waals surface area contributed by atoms with Crippen LogP contribution in [0.3, 0.4) is 0 Å². The Morgan fingerprint density at radius 3 is 2.71 bits per heavy atom. The van der Waals surface area contributed by atoms with E-state index in [2.05, 4.69) is 5.32 Å². The molecule has 14 heavy (non-hydrogen) atoms. The van der Waals surface area contributed by atoms with Crippen LogP contribution in [0.25, 0.3) is 0 Å². The standard InChI is InChI=1S/C9H20N2O3/c1-7(10)3-4-9(13)11-8(5-12)6-14-2/h7-8,12H,3-6,10H2,1-2H3,(H,11,13). The Labute approximate surface area is 84.6 Å². The van der Waals surface area contributed by atoms with Crippen LogP contribution in [0.2, 0.25) is 0 Å². The van der Waals surface area contributed by atoms with E-state index < -0.39 is 0 Å². The SMILES string of the molecule is COCC(CO)NC(=O)CCC(C)N. The molecule has 84 valence electrons. The lowest BCUT2D eigenvalue weighted by Crippen LogP contribution is -2.40. The molecule has 5 nitrogen and oxygen atoms in total. The summed E-state index contributed by atoms with van der Waals surface area (Å²) < 4.78 is 4.82. The van der Waals surface area contributed by atoms with E-state index in [9.17, 15) is 4.79 Å². The summed E-state index contributed by atoms with van der Waals surface area (Å²) in [4.78, 5) is 11.3. The van der Waals surface area contributed by atoms with Crippen molar-refractivity contribution in [2.75, 3.05) is 20.3 Å². The molecule has 0 aliphatic heterocycles. The molecule has 0 bridgehead atoms. The van der Waals surface area contributed by atoms with Gasteiger partial charge >= 0.3 is 0 Å². The first-order valence-corrected chi connectivity index (χ1v) is 4.74. The van der Waals surface area contributed by atoms with Crippen molar-refractivity contribution >= 4 is 5.91 Å². The highest BCUT2D eigenvalue weighted by molar-refractivity contribution is 5.76. The van der Waals surface area contributed by atoms with Gasteiger partial charge in [0.1, 0.15) is 0 Å². The number of hydrogen-bond acceptors (Lipinski definition) is 4. The molecule has 0 aromatic rings. The van der Waals surface area contributed by atoms with Gasteiger partial charge in [-0.05, 0) is 13.3 Å². The number of ether oxygens (including phenoxy) is 1. The molecule has 0 heterocycles. The van der Waals surface area contributed by atoms with Gasteiger partial charge in [0.25, 0.3) is 0 Å². The highest BCUT2D eigenvalue weighted by Crippen LogP contribution is 1.94. The zero-order valence-electron chi connectivity index (χ0n) is 8.82. The quantitative estimate of drug-likeness (QED) is 0.509. The van der Waals surface area contributed by atoms with Gasteiger partial charge in [0.05, 0.1) is 19.3 Å². The van der Waals surface area contributed by atoms with Crippen LogP contribution in [0.5, 0.6) is 0 Å².